The van der Waals surface area contributed by atoms with Crippen LogP contribution >= 0.6 is 7.82 Å². The lowest BCUT2D eigenvalue weighted by Crippen LogP contribution is -2.29. The number of hydrogen-bond donors (Lipinski definition) is 2. The number of phosphoric ester groups is 1. The lowest BCUT2D eigenvalue weighted by molar-refractivity contribution is -0.161. The van der Waals surface area contributed by atoms with Crippen molar-refractivity contribution in [3.05, 3.63) is 109 Å². The third kappa shape index (κ3) is 65.7. The van der Waals surface area contributed by atoms with Crippen LogP contribution < -0.4 is 5.73 Å². The van der Waals surface area contributed by atoms with Crippen LogP contribution in [0.2, 0.25) is 0 Å². The number of carbonyl (C=O) groups is 2. The molecule has 0 aliphatic carbocycles. The maximum absolute atomic E-state index is 12.8. The number of rotatable bonds is 62. The number of hydrogen-bond acceptors (Lipinski definition) is 8. The van der Waals surface area contributed by atoms with Gasteiger partial charge in [-0.25, -0.2) is 4.57 Å². The van der Waals surface area contributed by atoms with Gasteiger partial charge in [0.15, 0.2) is 6.10 Å². The van der Waals surface area contributed by atoms with Gasteiger partial charge in [0.1, 0.15) is 6.61 Å². The van der Waals surface area contributed by atoms with Gasteiger partial charge in [-0.2, -0.15) is 0 Å². The Kier molecular flexibility index (Phi) is 63.1. The van der Waals surface area contributed by atoms with E-state index in [2.05, 4.69) is 123 Å². The average molecular weight is 1150 g/mol. The topological polar surface area (TPSA) is 134 Å². The minimum atomic E-state index is -4.40. The summed E-state index contributed by atoms with van der Waals surface area (Å²) in [6.07, 6.45) is 90.2. The Morgan fingerprint density at radius 3 is 1.02 bits per heavy atom. The Hall–Kier alpha value is -3.33. The summed E-state index contributed by atoms with van der Waals surface area (Å²) in [5.74, 6) is -0.833. The highest BCUT2D eigenvalue weighted by Gasteiger charge is 2.26. The summed E-state index contributed by atoms with van der Waals surface area (Å²) in [6.45, 7) is 3.64. The summed E-state index contributed by atoms with van der Waals surface area (Å²) in [6, 6.07) is 0. The first-order chi connectivity index (χ1) is 39.8. The van der Waals surface area contributed by atoms with Crippen LogP contribution in [0.25, 0.3) is 0 Å². The minimum absolute atomic E-state index is 0.0479. The second-order valence-corrected chi connectivity index (χ2v) is 23.4. The molecule has 0 fully saturated rings. The molecule has 3 N–H and O–H groups in total. The third-order valence-corrected chi connectivity index (χ3v) is 15.1. The smallest absolute Gasteiger partial charge is 0.462 e. The van der Waals surface area contributed by atoms with Crippen molar-refractivity contribution in [3.63, 3.8) is 0 Å². The van der Waals surface area contributed by atoms with Gasteiger partial charge in [-0.3, -0.25) is 18.6 Å². The molecule has 0 rings (SSSR count). The van der Waals surface area contributed by atoms with Crippen molar-refractivity contribution in [2.24, 2.45) is 5.73 Å². The summed E-state index contributed by atoms with van der Waals surface area (Å²) in [5, 5.41) is 0. The van der Waals surface area contributed by atoms with Crippen molar-refractivity contribution in [2.75, 3.05) is 26.4 Å². The first-order valence-corrected chi connectivity index (χ1v) is 34.9. The largest absolute Gasteiger partial charge is 0.472 e. The molecule has 0 saturated carbocycles. The molecule has 2 atom stereocenters. The summed E-state index contributed by atoms with van der Waals surface area (Å²) >= 11 is 0. The van der Waals surface area contributed by atoms with Crippen LogP contribution in [-0.2, 0) is 32.7 Å². The maximum atomic E-state index is 12.8. The molecule has 0 aromatic heterocycles. The molecule has 0 amide bonds. The monoisotopic (exact) mass is 1150 g/mol. The van der Waals surface area contributed by atoms with Crippen molar-refractivity contribution < 1.29 is 37.6 Å². The van der Waals surface area contributed by atoms with Gasteiger partial charge in [0, 0.05) is 19.4 Å². The molecule has 0 aliphatic heterocycles. The fourth-order valence-corrected chi connectivity index (χ4v) is 10.0. The summed E-state index contributed by atoms with van der Waals surface area (Å²) in [4.78, 5) is 35.3. The van der Waals surface area contributed by atoms with Gasteiger partial charge in [-0.1, -0.05) is 290 Å². The first kappa shape index (κ1) is 77.7. The second-order valence-electron chi connectivity index (χ2n) is 22.0. The fraction of sp³-hybridized carbons (Fsp3) is 0.718. The highest BCUT2D eigenvalue weighted by Crippen LogP contribution is 2.43. The zero-order chi connectivity index (χ0) is 58.7. The molecule has 0 radical (unpaired) electrons. The van der Waals surface area contributed by atoms with E-state index in [0.717, 1.165) is 96.3 Å². The van der Waals surface area contributed by atoms with E-state index in [1.807, 2.05) is 0 Å². The van der Waals surface area contributed by atoms with Crippen LogP contribution in [0.5, 0.6) is 0 Å². The molecule has 0 saturated heterocycles. The molecular formula is C71H124NO8P. The van der Waals surface area contributed by atoms with Crippen LogP contribution in [0.15, 0.2) is 109 Å². The molecule has 466 valence electrons. The summed E-state index contributed by atoms with van der Waals surface area (Å²) in [5.41, 5.74) is 5.40. The molecular weight excluding hydrogens is 1030 g/mol. The van der Waals surface area contributed by atoms with Crippen LogP contribution in [-0.4, -0.2) is 49.3 Å². The van der Waals surface area contributed by atoms with Gasteiger partial charge >= 0.3 is 19.8 Å². The average Bonchev–Trinajstić information content (AvgIpc) is 3.46. The molecule has 0 heterocycles. The molecule has 81 heavy (non-hydrogen) atoms. The maximum Gasteiger partial charge on any atom is 0.472 e. The first-order valence-electron chi connectivity index (χ1n) is 33.4. The number of nitrogens with two attached hydrogens (primary N) is 1. The number of esters is 2. The zero-order valence-corrected chi connectivity index (χ0v) is 53.1. The Morgan fingerprint density at radius 2 is 0.679 bits per heavy atom. The molecule has 0 aromatic rings. The number of unbranched alkanes of at least 4 members (excludes halogenated alkanes) is 31. The van der Waals surface area contributed by atoms with Crippen LogP contribution in [0.1, 0.15) is 296 Å². The predicted octanol–water partition coefficient (Wildman–Crippen LogP) is 21.7. The van der Waals surface area contributed by atoms with E-state index < -0.39 is 26.5 Å². The van der Waals surface area contributed by atoms with Gasteiger partial charge in [-0.05, 0) is 103 Å². The van der Waals surface area contributed by atoms with Crippen molar-refractivity contribution >= 4 is 19.8 Å². The SMILES string of the molecule is CC/C=C\C/C=C\C/C=C\C/C=C\C/C=C\C/C=C\C/C=C\C/C=C\CCCCCCCCCCC(=O)OC(COC(=O)CCCCCCCCCCCCCCCCC/C=C\CCCCCCCCCC)COP(=O)(O)OCCN. The molecule has 9 nitrogen and oxygen atoms in total. The Bertz CT molecular complexity index is 1690. The number of carbonyl (C=O) groups excluding carboxylic acids is 2. The van der Waals surface area contributed by atoms with Crippen molar-refractivity contribution in [3.8, 4) is 0 Å². The lowest BCUT2D eigenvalue weighted by atomic mass is 10.0. The number of ether oxygens (including phenoxy) is 2. The van der Waals surface area contributed by atoms with E-state index in [9.17, 15) is 19.0 Å². The van der Waals surface area contributed by atoms with Gasteiger partial charge in [0.2, 0.25) is 0 Å². The zero-order valence-electron chi connectivity index (χ0n) is 52.2. The highest BCUT2D eigenvalue weighted by molar-refractivity contribution is 7.47. The number of allylic oxidation sites excluding steroid dienone is 18. The lowest BCUT2D eigenvalue weighted by Gasteiger charge is -2.19. The van der Waals surface area contributed by atoms with Crippen LogP contribution in [0.4, 0.5) is 0 Å². The van der Waals surface area contributed by atoms with E-state index in [-0.39, 0.29) is 38.6 Å². The van der Waals surface area contributed by atoms with Crippen LogP contribution in [0.3, 0.4) is 0 Å². The van der Waals surface area contributed by atoms with E-state index >= 15 is 0 Å². The summed E-state index contributed by atoms with van der Waals surface area (Å²) < 4.78 is 33.1. The molecule has 0 aliphatic rings. The predicted molar refractivity (Wildman–Crippen MR) is 348 cm³/mol. The molecule has 10 heteroatoms. The molecule has 0 spiro atoms. The van der Waals surface area contributed by atoms with Crippen molar-refractivity contribution in [1.82, 2.24) is 0 Å². The molecule has 2 unspecified atom stereocenters. The van der Waals surface area contributed by atoms with Gasteiger partial charge in [0.05, 0.1) is 13.2 Å². The van der Waals surface area contributed by atoms with Crippen LogP contribution in [0, 0.1) is 0 Å². The Balaban J connectivity index is 3.96. The summed E-state index contributed by atoms with van der Waals surface area (Å²) in [7, 11) is -4.40. The van der Waals surface area contributed by atoms with E-state index in [0.29, 0.717) is 6.42 Å². The standard InChI is InChI=1S/C71H124NO8P/c1-3-5-7-9-11-13-15-17-19-21-23-25-27-29-31-32-33-34-35-36-38-40-42-44-46-48-50-52-54-56-58-60-62-64-71(74)80-69(68-79-81(75,76)78-66-65-72)67-77-70(73)63-61-59-57-55-53-51-49-47-45-43-41-39-37-30-28-26-24-22-20-18-16-14-12-10-8-6-4-2/h5,7,11,13,17,19,22-25,29,31,33-34,36,38,42,44,69H,3-4,6,8-10,12,14-16,18,20-21,26-28,30,32,35,37,39-41,43,45-68,72H2,1-2H3,(H,75,76)/b7-5-,13-11-,19-17-,24-22-,25-23-,31-29-,34-33-,38-36-,44-42-. The van der Waals surface area contributed by atoms with Crippen molar-refractivity contribution in [1.29, 1.82) is 0 Å². The van der Waals surface area contributed by atoms with Gasteiger partial charge < -0.3 is 20.1 Å². The van der Waals surface area contributed by atoms with Gasteiger partial charge in [0.25, 0.3) is 0 Å². The van der Waals surface area contributed by atoms with Gasteiger partial charge in [-0.15, -0.1) is 0 Å². The third-order valence-electron chi connectivity index (χ3n) is 14.1. The normalized spacial score (nSPS) is 13.7. The second kappa shape index (κ2) is 65.8. The molecule has 0 aromatic carbocycles. The van der Waals surface area contributed by atoms with E-state index in [1.165, 1.54) is 167 Å². The quantitative estimate of drug-likeness (QED) is 0.0264. The Labute approximate surface area is 499 Å². The Morgan fingerprint density at radius 1 is 0.383 bits per heavy atom. The fourth-order valence-electron chi connectivity index (χ4n) is 9.24. The van der Waals surface area contributed by atoms with E-state index in [1.54, 1.807) is 0 Å². The van der Waals surface area contributed by atoms with E-state index in [4.69, 9.17) is 24.3 Å². The molecule has 0 bridgehead atoms. The number of phosphoric acid groups is 1. The minimum Gasteiger partial charge on any atom is -0.462 e. The highest BCUT2D eigenvalue weighted by atomic mass is 31.2. The van der Waals surface area contributed by atoms with Crippen molar-refractivity contribution in [2.45, 2.75) is 302 Å².